The molecule has 128 valence electrons. The van der Waals surface area contributed by atoms with E-state index in [0.29, 0.717) is 5.92 Å². The number of hydrogen-bond acceptors (Lipinski definition) is 1. The molecule has 1 aliphatic rings. The zero-order valence-corrected chi connectivity index (χ0v) is 15.2. The topological polar surface area (TPSA) is 3.24 Å². The summed E-state index contributed by atoms with van der Waals surface area (Å²) in [7, 11) is 0. The highest BCUT2D eigenvalue weighted by Gasteiger charge is 2.19. The van der Waals surface area contributed by atoms with Crippen LogP contribution in [0.4, 0.5) is 5.69 Å². The van der Waals surface area contributed by atoms with Crippen LogP contribution in [0.5, 0.6) is 0 Å². The molecule has 2 aromatic carbocycles. The Morgan fingerprint density at radius 1 is 0.920 bits per heavy atom. The second-order valence-corrected chi connectivity index (χ2v) is 6.81. The standard InChI is InChI=1S/C24H27N/c1-4-23-17-15-19(2)14-16-21-10-8-9-11-22(21)18-20(3)25(23)24-12-6-5-7-13-24/h4-13,15-20,23H,1,14H2,2-3H3/b17-15-,21-16-,22-18-. The maximum Gasteiger partial charge on any atom is 0.0660 e. The second kappa shape index (κ2) is 8.02. The van der Waals surface area contributed by atoms with Gasteiger partial charge in [-0.3, -0.25) is 0 Å². The van der Waals surface area contributed by atoms with Gasteiger partial charge in [0, 0.05) is 11.7 Å². The van der Waals surface area contributed by atoms with Gasteiger partial charge in [-0.15, -0.1) is 6.58 Å². The van der Waals surface area contributed by atoms with Crippen LogP contribution >= 0.6 is 0 Å². The van der Waals surface area contributed by atoms with Crippen LogP contribution in [0.3, 0.4) is 0 Å². The van der Waals surface area contributed by atoms with E-state index >= 15 is 0 Å². The molecule has 0 N–H and O–H groups in total. The van der Waals surface area contributed by atoms with Crippen molar-refractivity contribution in [3.05, 3.63) is 89.8 Å². The van der Waals surface area contributed by atoms with Crippen molar-refractivity contribution in [3.63, 3.8) is 0 Å². The Labute approximate surface area is 151 Å². The van der Waals surface area contributed by atoms with Crippen LogP contribution < -0.4 is 15.3 Å². The summed E-state index contributed by atoms with van der Waals surface area (Å²) in [6.45, 7) is 8.63. The Kier molecular flexibility index (Phi) is 5.55. The van der Waals surface area contributed by atoms with Crippen LogP contribution in [0, 0.1) is 5.92 Å². The maximum absolute atomic E-state index is 4.10. The van der Waals surface area contributed by atoms with Gasteiger partial charge < -0.3 is 4.90 Å². The third-order valence-corrected chi connectivity index (χ3v) is 4.82. The summed E-state index contributed by atoms with van der Waals surface area (Å²) in [6.07, 6.45) is 12.4. The van der Waals surface area contributed by atoms with Crippen molar-refractivity contribution in [2.45, 2.75) is 32.4 Å². The fourth-order valence-electron chi connectivity index (χ4n) is 3.45. The molecule has 0 radical (unpaired) electrons. The Balaban J connectivity index is 2.17. The summed E-state index contributed by atoms with van der Waals surface area (Å²) in [5.41, 5.74) is 1.22. The Hall–Kier alpha value is -2.54. The molecule has 1 nitrogen and oxygen atoms in total. The number of hydrogen-bond donors (Lipinski definition) is 0. The van der Waals surface area contributed by atoms with Gasteiger partial charge in [0.15, 0.2) is 0 Å². The van der Waals surface area contributed by atoms with Crippen molar-refractivity contribution < 1.29 is 0 Å². The zero-order chi connectivity index (χ0) is 17.6. The predicted molar refractivity (Wildman–Crippen MR) is 110 cm³/mol. The van der Waals surface area contributed by atoms with E-state index in [9.17, 15) is 0 Å². The van der Waals surface area contributed by atoms with Gasteiger partial charge >= 0.3 is 0 Å². The van der Waals surface area contributed by atoms with Gasteiger partial charge in [0.1, 0.15) is 0 Å². The molecule has 25 heavy (non-hydrogen) atoms. The van der Waals surface area contributed by atoms with Crippen molar-refractivity contribution in [2.75, 3.05) is 4.90 Å². The average Bonchev–Trinajstić information content (AvgIpc) is 2.66. The van der Waals surface area contributed by atoms with Gasteiger partial charge in [-0.25, -0.2) is 0 Å². The van der Waals surface area contributed by atoms with Crippen LogP contribution in [-0.2, 0) is 0 Å². The van der Waals surface area contributed by atoms with Gasteiger partial charge in [0.2, 0.25) is 0 Å². The molecule has 0 saturated carbocycles. The van der Waals surface area contributed by atoms with Crippen LogP contribution in [-0.4, -0.2) is 12.1 Å². The summed E-state index contributed by atoms with van der Waals surface area (Å²) in [6, 6.07) is 19.7. The van der Waals surface area contributed by atoms with Crippen molar-refractivity contribution in [2.24, 2.45) is 5.92 Å². The van der Waals surface area contributed by atoms with Crippen LogP contribution in [0.25, 0.3) is 12.2 Å². The summed E-state index contributed by atoms with van der Waals surface area (Å²) in [5, 5.41) is 2.62. The summed E-state index contributed by atoms with van der Waals surface area (Å²) in [5.74, 6) is 0.501. The largest absolute Gasteiger partial charge is 0.355 e. The SMILES string of the molecule is C=CC1/C=C\C(C)C/C=c2/cccc/c2=C/C(C)N1c1ccccc1. The zero-order valence-electron chi connectivity index (χ0n) is 15.2. The molecule has 0 bridgehead atoms. The lowest BCUT2D eigenvalue weighted by molar-refractivity contribution is 0.722. The Morgan fingerprint density at radius 2 is 1.60 bits per heavy atom. The molecule has 2 aromatic rings. The lowest BCUT2D eigenvalue weighted by Gasteiger charge is -2.34. The van der Waals surface area contributed by atoms with Crippen molar-refractivity contribution in [1.82, 2.24) is 0 Å². The molecule has 3 rings (SSSR count). The van der Waals surface area contributed by atoms with E-state index in [0.717, 1.165) is 6.42 Å². The van der Waals surface area contributed by atoms with E-state index in [1.54, 1.807) is 0 Å². The summed E-state index contributed by atoms with van der Waals surface area (Å²) >= 11 is 0. The van der Waals surface area contributed by atoms with Crippen LogP contribution in [0.15, 0.2) is 79.4 Å². The van der Waals surface area contributed by atoms with Gasteiger partial charge in [0.05, 0.1) is 6.04 Å². The molecule has 0 fully saturated rings. The van der Waals surface area contributed by atoms with Gasteiger partial charge in [-0.1, -0.05) is 79.8 Å². The normalized spacial score (nSPS) is 27.6. The summed E-state index contributed by atoms with van der Waals surface area (Å²) < 4.78 is 0. The highest BCUT2D eigenvalue weighted by molar-refractivity contribution is 5.55. The molecule has 3 unspecified atom stereocenters. The quantitative estimate of drug-likeness (QED) is 0.743. The lowest BCUT2D eigenvalue weighted by Crippen LogP contribution is -2.40. The molecular formula is C24H27N. The summed E-state index contributed by atoms with van der Waals surface area (Å²) in [4.78, 5) is 2.43. The lowest BCUT2D eigenvalue weighted by atomic mass is 10.0. The number of anilines is 1. The predicted octanol–water partition coefficient (Wildman–Crippen LogP) is 4.29. The van der Waals surface area contributed by atoms with Crippen molar-refractivity contribution >= 4 is 17.8 Å². The maximum atomic E-state index is 4.10. The molecule has 0 spiro atoms. The van der Waals surface area contributed by atoms with Crippen LogP contribution in [0.1, 0.15) is 20.3 Å². The minimum Gasteiger partial charge on any atom is -0.355 e. The highest BCUT2D eigenvalue weighted by Crippen LogP contribution is 2.22. The molecule has 0 amide bonds. The first-order valence-electron chi connectivity index (χ1n) is 9.10. The minimum absolute atomic E-state index is 0.168. The number of fused-ring (bicyclic) bond motifs is 1. The first-order valence-corrected chi connectivity index (χ1v) is 9.10. The first-order chi connectivity index (χ1) is 12.2. The van der Waals surface area contributed by atoms with Crippen molar-refractivity contribution in [1.29, 1.82) is 0 Å². The van der Waals surface area contributed by atoms with E-state index in [2.05, 4.69) is 104 Å². The van der Waals surface area contributed by atoms with E-state index < -0.39 is 0 Å². The van der Waals surface area contributed by atoms with Gasteiger partial charge in [-0.05, 0) is 41.8 Å². The number of nitrogens with zero attached hydrogens (tertiary/aromatic N) is 1. The molecule has 0 aromatic heterocycles. The smallest absolute Gasteiger partial charge is 0.0660 e. The monoisotopic (exact) mass is 329 g/mol. The molecule has 1 aliphatic heterocycles. The van der Waals surface area contributed by atoms with Crippen molar-refractivity contribution in [3.8, 4) is 0 Å². The molecular weight excluding hydrogens is 302 g/mol. The fourth-order valence-corrected chi connectivity index (χ4v) is 3.45. The molecule has 1 heteroatoms. The highest BCUT2D eigenvalue weighted by atomic mass is 15.2. The Bertz CT molecular complexity index is 847. The number of benzene rings is 2. The molecule has 1 heterocycles. The van der Waals surface area contributed by atoms with E-state index in [1.165, 1.54) is 16.1 Å². The third kappa shape index (κ3) is 4.11. The first kappa shape index (κ1) is 17.3. The van der Waals surface area contributed by atoms with E-state index in [-0.39, 0.29) is 12.1 Å². The minimum atomic E-state index is 0.168. The van der Waals surface area contributed by atoms with E-state index in [1.807, 2.05) is 6.08 Å². The number of allylic oxidation sites excluding steroid dienone is 1. The number of para-hydroxylation sites is 1. The van der Waals surface area contributed by atoms with Gasteiger partial charge in [-0.2, -0.15) is 0 Å². The van der Waals surface area contributed by atoms with Crippen LogP contribution in [0.2, 0.25) is 0 Å². The third-order valence-electron chi connectivity index (χ3n) is 4.82. The second-order valence-electron chi connectivity index (χ2n) is 6.81. The number of rotatable bonds is 2. The fraction of sp³-hybridized carbons (Fsp3) is 0.250. The molecule has 0 saturated heterocycles. The van der Waals surface area contributed by atoms with E-state index in [4.69, 9.17) is 0 Å². The average molecular weight is 329 g/mol. The Morgan fingerprint density at radius 3 is 2.32 bits per heavy atom. The molecule has 0 aliphatic carbocycles. The van der Waals surface area contributed by atoms with Gasteiger partial charge in [0.25, 0.3) is 0 Å². The molecule has 3 atom stereocenters.